The first-order chi connectivity index (χ1) is 14.3. The molecule has 2 aromatic carbocycles. The molecule has 0 radical (unpaired) electrons. The van der Waals surface area contributed by atoms with E-state index in [9.17, 15) is 4.79 Å². The molecule has 0 saturated carbocycles. The summed E-state index contributed by atoms with van der Waals surface area (Å²) in [6, 6.07) is 24.5. The van der Waals surface area contributed by atoms with Crippen LogP contribution in [0.5, 0.6) is 0 Å². The summed E-state index contributed by atoms with van der Waals surface area (Å²) >= 11 is 0. The normalized spacial score (nSPS) is 13.9. The molecular formula is C24H26N4O. The van der Waals surface area contributed by atoms with Crippen molar-refractivity contribution in [3.63, 3.8) is 0 Å². The fourth-order valence-electron chi connectivity index (χ4n) is 3.61. The van der Waals surface area contributed by atoms with Crippen LogP contribution < -0.4 is 15.1 Å². The zero-order valence-corrected chi connectivity index (χ0v) is 16.5. The molecule has 5 heteroatoms. The van der Waals surface area contributed by atoms with Crippen molar-refractivity contribution in [3.05, 3.63) is 90.1 Å². The number of para-hydroxylation sites is 1. The largest absolute Gasteiger partial charge is 0.368 e. The Bertz CT molecular complexity index is 905. The zero-order valence-electron chi connectivity index (χ0n) is 16.5. The number of benzene rings is 2. The van der Waals surface area contributed by atoms with Crippen LogP contribution in [0.2, 0.25) is 0 Å². The summed E-state index contributed by atoms with van der Waals surface area (Å²) < 4.78 is 0. The van der Waals surface area contributed by atoms with Crippen LogP contribution in [0, 0.1) is 0 Å². The SMILES string of the molecule is O=C(NCCc1ccccc1)c1ccc(N2CCN(c3ccccc3)CC2)nc1. The second-order valence-electron chi connectivity index (χ2n) is 7.21. The van der Waals surface area contributed by atoms with E-state index < -0.39 is 0 Å². The van der Waals surface area contributed by atoms with Crippen molar-refractivity contribution in [3.8, 4) is 0 Å². The number of nitrogens with zero attached hydrogens (tertiary/aromatic N) is 3. The van der Waals surface area contributed by atoms with E-state index >= 15 is 0 Å². The molecule has 1 aliphatic heterocycles. The number of carbonyl (C=O) groups is 1. The third-order valence-electron chi connectivity index (χ3n) is 5.28. The van der Waals surface area contributed by atoms with Crippen LogP contribution in [-0.4, -0.2) is 43.6 Å². The molecular weight excluding hydrogens is 360 g/mol. The molecule has 1 fully saturated rings. The van der Waals surface area contributed by atoms with E-state index in [0.717, 1.165) is 38.4 Å². The quantitative estimate of drug-likeness (QED) is 0.706. The highest BCUT2D eigenvalue weighted by molar-refractivity contribution is 5.94. The molecule has 0 aliphatic carbocycles. The number of amides is 1. The summed E-state index contributed by atoms with van der Waals surface area (Å²) in [6.07, 6.45) is 2.50. The summed E-state index contributed by atoms with van der Waals surface area (Å²) in [7, 11) is 0. The predicted octanol–water partition coefficient (Wildman–Crippen LogP) is 3.38. The summed E-state index contributed by atoms with van der Waals surface area (Å²) in [4.78, 5) is 21.6. The number of hydrogen-bond donors (Lipinski definition) is 1. The molecule has 1 aromatic heterocycles. The van der Waals surface area contributed by atoms with Gasteiger partial charge in [-0.25, -0.2) is 4.98 Å². The number of carbonyl (C=O) groups excluding carboxylic acids is 1. The third kappa shape index (κ3) is 4.93. The smallest absolute Gasteiger partial charge is 0.252 e. The molecule has 1 amide bonds. The lowest BCUT2D eigenvalue weighted by Crippen LogP contribution is -2.46. The highest BCUT2D eigenvalue weighted by atomic mass is 16.1. The van der Waals surface area contributed by atoms with Crippen molar-refractivity contribution in [1.29, 1.82) is 0 Å². The first-order valence-electron chi connectivity index (χ1n) is 10.1. The lowest BCUT2D eigenvalue weighted by Gasteiger charge is -2.36. The highest BCUT2D eigenvalue weighted by Gasteiger charge is 2.18. The molecule has 0 spiro atoms. The van der Waals surface area contributed by atoms with E-state index in [4.69, 9.17) is 0 Å². The van der Waals surface area contributed by atoms with E-state index in [0.29, 0.717) is 12.1 Å². The van der Waals surface area contributed by atoms with Crippen molar-refractivity contribution in [2.45, 2.75) is 6.42 Å². The molecule has 4 rings (SSSR count). The number of anilines is 2. The average molecular weight is 386 g/mol. The molecule has 5 nitrogen and oxygen atoms in total. The van der Waals surface area contributed by atoms with Gasteiger partial charge >= 0.3 is 0 Å². The first kappa shape index (κ1) is 19.0. The van der Waals surface area contributed by atoms with Crippen LogP contribution in [0.4, 0.5) is 11.5 Å². The highest BCUT2D eigenvalue weighted by Crippen LogP contribution is 2.19. The van der Waals surface area contributed by atoms with E-state index in [2.05, 4.69) is 56.5 Å². The van der Waals surface area contributed by atoms with Gasteiger partial charge in [-0.15, -0.1) is 0 Å². The van der Waals surface area contributed by atoms with Crippen LogP contribution >= 0.6 is 0 Å². The Labute approximate surface area is 172 Å². The number of aromatic nitrogens is 1. The first-order valence-corrected chi connectivity index (χ1v) is 10.1. The molecule has 1 N–H and O–H groups in total. The van der Waals surface area contributed by atoms with E-state index in [-0.39, 0.29) is 5.91 Å². The molecule has 2 heterocycles. The lowest BCUT2D eigenvalue weighted by molar-refractivity contribution is 0.0954. The van der Waals surface area contributed by atoms with Crippen LogP contribution in [0.3, 0.4) is 0 Å². The molecule has 0 unspecified atom stereocenters. The van der Waals surface area contributed by atoms with Gasteiger partial charge in [-0.05, 0) is 36.2 Å². The summed E-state index contributed by atoms with van der Waals surface area (Å²) in [5, 5.41) is 2.97. The van der Waals surface area contributed by atoms with E-state index in [1.165, 1.54) is 11.3 Å². The molecule has 1 aliphatic rings. The molecule has 0 atom stereocenters. The van der Waals surface area contributed by atoms with Crippen molar-refractivity contribution >= 4 is 17.4 Å². The Balaban J connectivity index is 1.27. The fraction of sp³-hybridized carbons (Fsp3) is 0.250. The number of pyridine rings is 1. The molecule has 148 valence electrons. The van der Waals surface area contributed by atoms with Gasteiger partial charge in [-0.3, -0.25) is 4.79 Å². The van der Waals surface area contributed by atoms with Gasteiger partial charge in [-0.2, -0.15) is 0 Å². The summed E-state index contributed by atoms with van der Waals surface area (Å²) in [5.74, 6) is 0.854. The Morgan fingerprint density at radius 2 is 1.48 bits per heavy atom. The Kier molecular flexibility index (Phi) is 6.05. The van der Waals surface area contributed by atoms with E-state index in [1.54, 1.807) is 6.20 Å². The van der Waals surface area contributed by atoms with Gasteiger partial charge in [0.2, 0.25) is 0 Å². The maximum atomic E-state index is 12.4. The van der Waals surface area contributed by atoms with E-state index in [1.807, 2.05) is 36.4 Å². The summed E-state index contributed by atoms with van der Waals surface area (Å²) in [5.41, 5.74) is 3.09. The van der Waals surface area contributed by atoms with Crippen molar-refractivity contribution in [2.75, 3.05) is 42.5 Å². The molecule has 3 aromatic rings. The van der Waals surface area contributed by atoms with Gasteiger partial charge in [0.1, 0.15) is 5.82 Å². The maximum absolute atomic E-state index is 12.4. The number of rotatable bonds is 6. The predicted molar refractivity (Wildman–Crippen MR) is 118 cm³/mol. The molecule has 29 heavy (non-hydrogen) atoms. The minimum Gasteiger partial charge on any atom is -0.368 e. The molecule has 1 saturated heterocycles. The topological polar surface area (TPSA) is 48.5 Å². The minimum atomic E-state index is -0.0751. The number of piperazine rings is 1. The van der Waals surface area contributed by atoms with Gasteiger partial charge in [-0.1, -0.05) is 48.5 Å². The van der Waals surface area contributed by atoms with Gasteiger partial charge in [0.05, 0.1) is 5.56 Å². The Morgan fingerprint density at radius 3 is 2.14 bits per heavy atom. The van der Waals surface area contributed by atoms with Crippen LogP contribution in [0.1, 0.15) is 15.9 Å². The average Bonchev–Trinajstić information content (AvgIpc) is 2.80. The molecule has 0 bridgehead atoms. The van der Waals surface area contributed by atoms with Gasteiger partial charge in [0.15, 0.2) is 0 Å². The Hall–Kier alpha value is -3.34. The number of nitrogens with one attached hydrogen (secondary N) is 1. The minimum absolute atomic E-state index is 0.0751. The second kappa shape index (κ2) is 9.24. The van der Waals surface area contributed by atoms with Crippen LogP contribution in [-0.2, 0) is 6.42 Å². The van der Waals surface area contributed by atoms with Gasteiger partial charge in [0.25, 0.3) is 5.91 Å². The van der Waals surface area contributed by atoms with Gasteiger partial charge < -0.3 is 15.1 Å². The zero-order chi connectivity index (χ0) is 19.9. The van der Waals surface area contributed by atoms with Crippen molar-refractivity contribution in [1.82, 2.24) is 10.3 Å². The second-order valence-corrected chi connectivity index (χ2v) is 7.21. The monoisotopic (exact) mass is 386 g/mol. The van der Waals surface area contributed by atoms with Crippen LogP contribution in [0.15, 0.2) is 79.0 Å². The fourth-order valence-corrected chi connectivity index (χ4v) is 3.61. The Morgan fingerprint density at radius 1 is 0.828 bits per heavy atom. The van der Waals surface area contributed by atoms with Crippen LogP contribution in [0.25, 0.3) is 0 Å². The standard InChI is InChI=1S/C24H26N4O/c29-24(25-14-13-20-7-3-1-4-8-20)21-11-12-23(26-19-21)28-17-15-27(16-18-28)22-9-5-2-6-10-22/h1-12,19H,13-18H2,(H,25,29). The van der Waals surface area contributed by atoms with Crippen molar-refractivity contribution < 1.29 is 4.79 Å². The van der Waals surface area contributed by atoms with Gasteiger partial charge in [0, 0.05) is 44.6 Å². The number of hydrogen-bond acceptors (Lipinski definition) is 4. The maximum Gasteiger partial charge on any atom is 0.252 e. The van der Waals surface area contributed by atoms with Crippen molar-refractivity contribution in [2.24, 2.45) is 0 Å². The summed E-state index contributed by atoms with van der Waals surface area (Å²) in [6.45, 7) is 4.39. The lowest BCUT2D eigenvalue weighted by atomic mass is 10.1. The third-order valence-corrected chi connectivity index (χ3v) is 5.28.